The van der Waals surface area contributed by atoms with Crippen molar-refractivity contribution in [3.8, 4) is 0 Å². The van der Waals surface area contributed by atoms with E-state index < -0.39 is 0 Å². The zero-order chi connectivity index (χ0) is 11.3. The Kier molecular flexibility index (Phi) is 4.82. The lowest BCUT2D eigenvalue weighted by atomic mass is 10.1. The van der Waals surface area contributed by atoms with E-state index in [1.165, 1.54) is 5.56 Å². The second-order valence-electron chi connectivity index (χ2n) is 3.58. The average molecular weight is 270 g/mol. The number of carbonyl (C=O) groups is 1. The zero-order valence-electron chi connectivity index (χ0n) is 9.09. The molecule has 0 aliphatic rings. The summed E-state index contributed by atoms with van der Waals surface area (Å²) in [4.78, 5) is 11.4. The minimum Gasteiger partial charge on any atom is -0.351 e. The highest BCUT2D eigenvalue weighted by molar-refractivity contribution is 9.10. The lowest BCUT2D eigenvalue weighted by Gasteiger charge is -2.09. The highest BCUT2D eigenvalue weighted by atomic mass is 79.9. The predicted molar refractivity (Wildman–Crippen MR) is 66.0 cm³/mol. The summed E-state index contributed by atoms with van der Waals surface area (Å²) in [6.07, 6.45) is 0.805. The third-order valence-electron chi connectivity index (χ3n) is 2.19. The number of benzene rings is 1. The Morgan fingerprint density at radius 2 is 2.27 bits per heavy atom. The number of rotatable bonds is 4. The number of hydrogen-bond acceptors (Lipinski definition) is 1. The molecule has 1 unspecified atom stereocenters. The molecule has 0 spiro atoms. The summed E-state index contributed by atoms with van der Waals surface area (Å²) >= 11 is 3.32. The van der Waals surface area contributed by atoms with Crippen molar-refractivity contribution in [3.63, 3.8) is 0 Å². The first-order chi connectivity index (χ1) is 7.13. The first-order valence-corrected chi connectivity index (χ1v) is 6.02. The fourth-order valence-corrected chi connectivity index (χ4v) is 1.47. The van der Waals surface area contributed by atoms with Crippen LogP contribution in [0.25, 0.3) is 0 Å². The molecule has 0 saturated carbocycles. The van der Waals surface area contributed by atoms with Crippen LogP contribution in [0.2, 0.25) is 0 Å². The fourth-order valence-electron chi connectivity index (χ4n) is 1.31. The molecular weight excluding hydrogens is 254 g/mol. The molecule has 0 aliphatic carbocycles. The number of hydrogen-bond donors (Lipinski definition) is 1. The quantitative estimate of drug-likeness (QED) is 0.837. The molecular formula is C12H16BrNO. The smallest absolute Gasteiger partial charge is 0.234 e. The van der Waals surface area contributed by atoms with Gasteiger partial charge in [0.05, 0.1) is 4.83 Å². The Labute approximate surface area is 99.2 Å². The maximum Gasteiger partial charge on any atom is 0.234 e. The van der Waals surface area contributed by atoms with Gasteiger partial charge in [-0.3, -0.25) is 4.79 Å². The Morgan fingerprint density at radius 3 is 2.87 bits per heavy atom. The van der Waals surface area contributed by atoms with Crippen molar-refractivity contribution < 1.29 is 4.79 Å². The van der Waals surface area contributed by atoms with Crippen LogP contribution in [0.3, 0.4) is 0 Å². The Morgan fingerprint density at radius 1 is 1.53 bits per heavy atom. The molecule has 1 amide bonds. The molecule has 15 heavy (non-hydrogen) atoms. The molecule has 0 radical (unpaired) electrons. The van der Waals surface area contributed by atoms with E-state index in [-0.39, 0.29) is 10.7 Å². The minimum absolute atomic E-state index is 0.0546. The van der Waals surface area contributed by atoms with E-state index in [0.717, 1.165) is 12.0 Å². The monoisotopic (exact) mass is 269 g/mol. The number of alkyl halides is 1. The van der Waals surface area contributed by atoms with E-state index in [1.54, 1.807) is 0 Å². The molecule has 3 heteroatoms. The summed E-state index contributed by atoms with van der Waals surface area (Å²) in [5.41, 5.74) is 2.35. The number of aryl methyl sites for hydroxylation is 1. The van der Waals surface area contributed by atoms with Gasteiger partial charge in [0.1, 0.15) is 0 Å². The molecule has 1 atom stereocenters. The third-order valence-corrected chi connectivity index (χ3v) is 3.26. The van der Waals surface area contributed by atoms with Crippen LogP contribution in [0.5, 0.6) is 0 Å². The molecule has 0 aromatic heterocycles. The topological polar surface area (TPSA) is 29.1 Å². The lowest BCUT2D eigenvalue weighted by molar-refractivity contribution is -0.120. The molecule has 0 fully saturated rings. The first-order valence-electron chi connectivity index (χ1n) is 5.10. The summed E-state index contributed by atoms with van der Waals surface area (Å²) in [7, 11) is 0. The van der Waals surface area contributed by atoms with Gasteiger partial charge in [0.25, 0.3) is 0 Å². The van der Waals surface area contributed by atoms with Crippen LogP contribution in [0.15, 0.2) is 24.3 Å². The van der Waals surface area contributed by atoms with Crippen molar-refractivity contribution in [2.45, 2.75) is 31.6 Å². The maximum atomic E-state index is 11.5. The van der Waals surface area contributed by atoms with Gasteiger partial charge in [-0.25, -0.2) is 0 Å². The van der Waals surface area contributed by atoms with Crippen molar-refractivity contribution in [2.75, 3.05) is 0 Å². The molecule has 1 rings (SSSR count). The molecule has 0 heterocycles. The van der Waals surface area contributed by atoms with Gasteiger partial charge in [-0.1, -0.05) is 52.7 Å². The van der Waals surface area contributed by atoms with Gasteiger partial charge >= 0.3 is 0 Å². The summed E-state index contributed by atoms with van der Waals surface area (Å²) in [5.74, 6) is 0.0546. The Bertz CT molecular complexity index is 338. The van der Waals surface area contributed by atoms with Gasteiger partial charge < -0.3 is 5.32 Å². The molecule has 0 aliphatic heterocycles. The summed E-state index contributed by atoms with van der Waals surface area (Å²) in [6, 6.07) is 8.14. The summed E-state index contributed by atoms with van der Waals surface area (Å²) < 4.78 is 0. The minimum atomic E-state index is -0.0812. The zero-order valence-corrected chi connectivity index (χ0v) is 10.7. The number of nitrogens with one attached hydrogen (secondary N) is 1. The highest BCUT2D eigenvalue weighted by Gasteiger charge is 2.10. The molecule has 1 aromatic carbocycles. The van der Waals surface area contributed by atoms with Crippen LogP contribution >= 0.6 is 15.9 Å². The number of halogens is 1. The second kappa shape index (κ2) is 5.91. The van der Waals surface area contributed by atoms with Gasteiger partial charge in [-0.2, -0.15) is 0 Å². The molecule has 2 nitrogen and oxygen atoms in total. The average Bonchev–Trinajstić information content (AvgIpc) is 2.25. The molecule has 82 valence electrons. The largest absolute Gasteiger partial charge is 0.351 e. The molecule has 1 N–H and O–H groups in total. The fraction of sp³-hybridized carbons (Fsp3) is 0.417. The predicted octanol–water partition coefficient (Wildman–Crippen LogP) is 2.78. The molecule has 0 bridgehead atoms. The Balaban J connectivity index is 2.47. The summed E-state index contributed by atoms with van der Waals surface area (Å²) in [6.45, 7) is 4.62. The van der Waals surface area contributed by atoms with E-state index in [1.807, 2.05) is 32.0 Å². The third kappa shape index (κ3) is 4.04. The van der Waals surface area contributed by atoms with Crippen LogP contribution in [0.4, 0.5) is 0 Å². The molecule has 0 saturated heterocycles. The van der Waals surface area contributed by atoms with Crippen molar-refractivity contribution in [1.29, 1.82) is 0 Å². The van der Waals surface area contributed by atoms with Crippen LogP contribution in [0.1, 0.15) is 24.5 Å². The van der Waals surface area contributed by atoms with Crippen molar-refractivity contribution in [3.05, 3.63) is 35.4 Å². The highest BCUT2D eigenvalue weighted by Crippen LogP contribution is 2.06. The lowest BCUT2D eigenvalue weighted by Crippen LogP contribution is -2.30. The van der Waals surface area contributed by atoms with Crippen molar-refractivity contribution in [2.24, 2.45) is 0 Å². The van der Waals surface area contributed by atoms with E-state index in [4.69, 9.17) is 0 Å². The van der Waals surface area contributed by atoms with Gasteiger partial charge in [0.2, 0.25) is 5.91 Å². The first kappa shape index (κ1) is 12.2. The van der Waals surface area contributed by atoms with E-state index >= 15 is 0 Å². The van der Waals surface area contributed by atoms with Crippen molar-refractivity contribution >= 4 is 21.8 Å². The van der Waals surface area contributed by atoms with Gasteiger partial charge in [0, 0.05) is 6.54 Å². The van der Waals surface area contributed by atoms with Crippen LogP contribution in [-0.4, -0.2) is 10.7 Å². The van der Waals surface area contributed by atoms with E-state index in [2.05, 4.69) is 27.3 Å². The van der Waals surface area contributed by atoms with Crippen molar-refractivity contribution in [1.82, 2.24) is 5.32 Å². The number of amides is 1. The van der Waals surface area contributed by atoms with Gasteiger partial charge in [0.15, 0.2) is 0 Å². The standard InChI is InChI=1S/C12H16BrNO/c1-3-11(13)12(15)14-8-10-6-4-5-9(2)7-10/h4-7,11H,3,8H2,1-2H3,(H,14,15). The van der Waals surface area contributed by atoms with Crippen LogP contribution in [-0.2, 0) is 11.3 Å². The maximum absolute atomic E-state index is 11.5. The van der Waals surface area contributed by atoms with E-state index in [9.17, 15) is 4.79 Å². The van der Waals surface area contributed by atoms with Crippen LogP contribution < -0.4 is 5.32 Å². The van der Waals surface area contributed by atoms with Crippen LogP contribution in [0, 0.1) is 6.92 Å². The van der Waals surface area contributed by atoms with Gasteiger partial charge in [-0.15, -0.1) is 0 Å². The van der Waals surface area contributed by atoms with Gasteiger partial charge in [-0.05, 0) is 18.9 Å². The van der Waals surface area contributed by atoms with E-state index in [0.29, 0.717) is 6.54 Å². The molecule has 1 aromatic rings. The Hall–Kier alpha value is -0.830. The normalized spacial score (nSPS) is 12.2. The number of carbonyl (C=O) groups excluding carboxylic acids is 1. The SMILES string of the molecule is CCC(Br)C(=O)NCc1cccc(C)c1. The second-order valence-corrected chi connectivity index (χ2v) is 4.69. The summed E-state index contributed by atoms with van der Waals surface area (Å²) in [5, 5.41) is 2.89.